The van der Waals surface area contributed by atoms with Crippen molar-refractivity contribution in [2.24, 2.45) is 0 Å². The van der Waals surface area contributed by atoms with Crippen LogP contribution >= 0.6 is 0 Å². The van der Waals surface area contributed by atoms with Crippen molar-refractivity contribution in [1.29, 1.82) is 0 Å². The van der Waals surface area contributed by atoms with Crippen molar-refractivity contribution >= 4 is 0 Å². The van der Waals surface area contributed by atoms with Crippen LogP contribution in [0.4, 0.5) is 17.6 Å². The minimum atomic E-state index is -3.18. The molecule has 0 aromatic carbocycles. The predicted octanol–water partition coefficient (Wildman–Crippen LogP) is 1.57. The maximum Gasteiger partial charge on any atom is 0.272 e. The van der Waals surface area contributed by atoms with Gasteiger partial charge >= 0.3 is 0 Å². The third-order valence-electron chi connectivity index (χ3n) is 1.05. The van der Waals surface area contributed by atoms with E-state index in [0.29, 0.717) is 0 Å². The lowest BCUT2D eigenvalue weighted by Gasteiger charge is -2.14. The summed E-state index contributed by atoms with van der Waals surface area (Å²) < 4.78 is 50.6. The standard InChI is InChI=1S/C5H8F4O/c1-10-3(2-6)4(7)5(8)9/h3-5H,2H2,1H3. The number of hydrogen-bond acceptors (Lipinski definition) is 1. The summed E-state index contributed by atoms with van der Waals surface area (Å²) in [5.41, 5.74) is 0. The van der Waals surface area contributed by atoms with Crippen LogP contribution in [0.3, 0.4) is 0 Å². The number of halogens is 4. The Bertz CT molecular complexity index is 83.7. The first-order valence-corrected chi connectivity index (χ1v) is 2.64. The van der Waals surface area contributed by atoms with Gasteiger partial charge in [0.05, 0.1) is 0 Å². The van der Waals surface area contributed by atoms with Crippen molar-refractivity contribution in [3.8, 4) is 0 Å². The highest BCUT2D eigenvalue weighted by Crippen LogP contribution is 2.12. The van der Waals surface area contributed by atoms with E-state index in [1.165, 1.54) is 0 Å². The third-order valence-corrected chi connectivity index (χ3v) is 1.05. The molecule has 0 aliphatic carbocycles. The van der Waals surface area contributed by atoms with Gasteiger partial charge < -0.3 is 4.74 Å². The van der Waals surface area contributed by atoms with E-state index < -0.39 is 25.4 Å². The summed E-state index contributed by atoms with van der Waals surface area (Å²) in [6.07, 6.45) is -7.35. The van der Waals surface area contributed by atoms with Crippen molar-refractivity contribution < 1.29 is 22.3 Å². The fourth-order valence-corrected chi connectivity index (χ4v) is 0.440. The SMILES string of the molecule is COC(CF)C(F)C(F)F. The van der Waals surface area contributed by atoms with Crippen LogP contribution in [-0.4, -0.2) is 32.5 Å². The molecule has 0 radical (unpaired) electrons. The average molecular weight is 160 g/mol. The third kappa shape index (κ3) is 2.51. The van der Waals surface area contributed by atoms with Crippen molar-refractivity contribution in [1.82, 2.24) is 0 Å². The summed E-state index contributed by atoms with van der Waals surface area (Å²) in [7, 11) is 0.985. The molecule has 2 atom stereocenters. The molecule has 0 N–H and O–H groups in total. The number of ether oxygens (including phenoxy) is 1. The summed E-state index contributed by atoms with van der Waals surface area (Å²) in [4.78, 5) is 0. The molecule has 0 saturated heterocycles. The van der Waals surface area contributed by atoms with E-state index in [4.69, 9.17) is 0 Å². The van der Waals surface area contributed by atoms with Crippen LogP contribution in [0.1, 0.15) is 0 Å². The van der Waals surface area contributed by atoms with E-state index in [2.05, 4.69) is 4.74 Å². The summed E-state index contributed by atoms with van der Waals surface area (Å²) in [5.74, 6) is 0. The van der Waals surface area contributed by atoms with E-state index in [1.807, 2.05) is 0 Å². The van der Waals surface area contributed by atoms with E-state index in [1.54, 1.807) is 0 Å². The Hall–Kier alpha value is -0.320. The largest absolute Gasteiger partial charge is 0.375 e. The quantitative estimate of drug-likeness (QED) is 0.567. The molecule has 2 unspecified atom stereocenters. The zero-order valence-corrected chi connectivity index (χ0v) is 5.36. The molecule has 5 heteroatoms. The minimum absolute atomic E-state index is 0.985. The summed E-state index contributed by atoms with van der Waals surface area (Å²) in [6, 6.07) is 0. The molecule has 0 aromatic rings. The fraction of sp³-hybridized carbons (Fsp3) is 1.00. The van der Waals surface area contributed by atoms with E-state index >= 15 is 0 Å². The van der Waals surface area contributed by atoms with Crippen LogP contribution in [0.2, 0.25) is 0 Å². The molecule has 0 spiro atoms. The highest BCUT2D eigenvalue weighted by molar-refractivity contribution is 4.69. The number of hydrogen-bond donors (Lipinski definition) is 0. The van der Waals surface area contributed by atoms with Gasteiger partial charge in [0.1, 0.15) is 12.8 Å². The molecule has 0 heterocycles. The molecule has 0 fully saturated rings. The molecule has 0 saturated carbocycles. The first kappa shape index (κ1) is 9.68. The Morgan fingerprint density at radius 2 is 1.80 bits per heavy atom. The lowest BCUT2D eigenvalue weighted by atomic mass is 10.2. The predicted molar refractivity (Wildman–Crippen MR) is 27.7 cm³/mol. The zero-order valence-electron chi connectivity index (χ0n) is 5.36. The van der Waals surface area contributed by atoms with E-state index in [-0.39, 0.29) is 0 Å². The summed E-state index contributed by atoms with van der Waals surface area (Å²) in [5, 5.41) is 0. The Morgan fingerprint density at radius 1 is 1.30 bits per heavy atom. The van der Waals surface area contributed by atoms with Gasteiger partial charge in [-0.1, -0.05) is 0 Å². The molecular weight excluding hydrogens is 152 g/mol. The second kappa shape index (κ2) is 4.49. The number of rotatable bonds is 4. The van der Waals surface area contributed by atoms with Crippen molar-refractivity contribution in [3.05, 3.63) is 0 Å². The van der Waals surface area contributed by atoms with Crippen LogP contribution in [0.15, 0.2) is 0 Å². The highest BCUT2D eigenvalue weighted by atomic mass is 19.3. The second-order valence-electron chi connectivity index (χ2n) is 1.71. The first-order chi connectivity index (χ1) is 4.63. The molecular formula is C5H8F4O. The van der Waals surface area contributed by atoms with Crippen LogP contribution in [-0.2, 0) is 4.74 Å². The normalized spacial score (nSPS) is 17.4. The van der Waals surface area contributed by atoms with Gasteiger partial charge in [-0.25, -0.2) is 17.6 Å². The van der Waals surface area contributed by atoms with Crippen LogP contribution in [0.5, 0.6) is 0 Å². The van der Waals surface area contributed by atoms with Gasteiger partial charge in [-0.2, -0.15) is 0 Å². The minimum Gasteiger partial charge on any atom is -0.375 e. The van der Waals surface area contributed by atoms with Crippen molar-refractivity contribution in [3.63, 3.8) is 0 Å². The molecule has 0 aliphatic rings. The number of alkyl halides is 4. The van der Waals surface area contributed by atoms with Gasteiger partial charge in [0.15, 0.2) is 6.17 Å². The van der Waals surface area contributed by atoms with Crippen LogP contribution < -0.4 is 0 Å². The number of methoxy groups -OCH3 is 1. The Labute approximate surface area is 56.0 Å². The summed E-state index contributed by atoms with van der Waals surface area (Å²) in [6.45, 7) is -1.23. The second-order valence-corrected chi connectivity index (χ2v) is 1.71. The molecule has 0 bridgehead atoms. The first-order valence-electron chi connectivity index (χ1n) is 2.64. The molecule has 0 aliphatic heterocycles. The highest BCUT2D eigenvalue weighted by Gasteiger charge is 2.29. The van der Waals surface area contributed by atoms with Crippen molar-refractivity contribution in [2.75, 3.05) is 13.8 Å². The molecule has 62 valence electrons. The van der Waals surface area contributed by atoms with E-state index in [0.717, 1.165) is 7.11 Å². The molecule has 1 nitrogen and oxygen atoms in total. The molecule has 0 aromatic heterocycles. The van der Waals surface area contributed by atoms with Gasteiger partial charge in [-0.05, 0) is 0 Å². The maximum atomic E-state index is 12.1. The van der Waals surface area contributed by atoms with Crippen molar-refractivity contribution in [2.45, 2.75) is 18.7 Å². The van der Waals surface area contributed by atoms with Crippen LogP contribution in [0, 0.1) is 0 Å². The van der Waals surface area contributed by atoms with Gasteiger partial charge in [0.2, 0.25) is 0 Å². The van der Waals surface area contributed by atoms with Gasteiger partial charge in [-0.3, -0.25) is 0 Å². The maximum absolute atomic E-state index is 12.1. The Balaban J connectivity index is 3.76. The van der Waals surface area contributed by atoms with Crippen LogP contribution in [0.25, 0.3) is 0 Å². The Morgan fingerprint density at radius 3 is 1.90 bits per heavy atom. The monoisotopic (exact) mass is 160 g/mol. The zero-order chi connectivity index (χ0) is 8.15. The lowest BCUT2D eigenvalue weighted by Crippen LogP contribution is -2.32. The van der Waals surface area contributed by atoms with Gasteiger partial charge in [-0.15, -0.1) is 0 Å². The smallest absolute Gasteiger partial charge is 0.272 e. The van der Waals surface area contributed by atoms with Gasteiger partial charge in [0, 0.05) is 7.11 Å². The fourth-order valence-electron chi connectivity index (χ4n) is 0.440. The average Bonchev–Trinajstić information content (AvgIpc) is 1.90. The van der Waals surface area contributed by atoms with E-state index in [9.17, 15) is 17.6 Å². The van der Waals surface area contributed by atoms with Gasteiger partial charge in [0.25, 0.3) is 6.43 Å². The molecule has 10 heavy (non-hydrogen) atoms. The lowest BCUT2D eigenvalue weighted by molar-refractivity contribution is -0.0561. The molecule has 0 rings (SSSR count). The Kier molecular flexibility index (Phi) is 4.34. The molecule has 0 amide bonds. The summed E-state index contributed by atoms with van der Waals surface area (Å²) >= 11 is 0. The topological polar surface area (TPSA) is 9.23 Å².